The Morgan fingerprint density at radius 1 is 0.960 bits per heavy atom. The van der Waals surface area contributed by atoms with Crippen LogP contribution < -0.4 is 5.32 Å². The number of carbonyl (C=O) groups excluding carboxylic acids is 2. The van der Waals surface area contributed by atoms with E-state index in [0.29, 0.717) is 5.56 Å². The van der Waals surface area contributed by atoms with E-state index in [2.05, 4.69) is 15.3 Å². The minimum Gasteiger partial charge on any atom is -0.456 e. The molecule has 0 atom stereocenters. The van der Waals surface area contributed by atoms with Gasteiger partial charge in [0.25, 0.3) is 5.91 Å². The summed E-state index contributed by atoms with van der Waals surface area (Å²) in [6.45, 7) is 0.0932. The Kier molecular flexibility index (Phi) is 5.11. The van der Waals surface area contributed by atoms with E-state index in [0.717, 1.165) is 11.3 Å². The molecule has 0 aliphatic heterocycles. The summed E-state index contributed by atoms with van der Waals surface area (Å²) in [5.74, 6) is -0.742. The van der Waals surface area contributed by atoms with Crippen molar-refractivity contribution in [1.29, 1.82) is 0 Å². The van der Waals surface area contributed by atoms with E-state index in [9.17, 15) is 9.59 Å². The molecule has 1 heterocycles. The van der Waals surface area contributed by atoms with Crippen molar-refractivity contribution in [3.63, 3.8) is 0 Å². The zero-order valence-electron chi connectivity index (χ0n) is 13.3. The van der Waals surface area contributed by atoms with Gasteiger partial charge in [0.1, 0.15) is 6.61 Å². The first-order valence-electron chi connectivity index (χ1n) is 7.61. The lowest BCUT2D eigenvalue weighted by Gasteiger charge is -2.07. The zero-order chi connectivity index (χ0) is 17.5. The number of benzene rings is 2. The monoisotopic (exact) mass is 333 g/mol. The van der Waals surface area contributed by atoms with Crippen molar-refractivity contribution in [2.24, 2.45) is 0 Å². The molecule has 25 heavy (non-hydrogen) atoms. The second-order valence-corrected chi connectivity index (χ2v) is 5.18. The predicted octanol–water partition coefficient (Wildman–Crippen LogP) is 3.09. The Balaban J connectivity index is 1.57. The van der Waals surface area contributed by atoms with Crippen LogP contribution in [0, 0.1) is 0 Å². The summed E-state index contributed by atoms with van der Waals surface area (Å²) in [6, 6.07) is 16.1. The lowest BCUT2D eigenvalue weighted by atomic mass is 10.1. The first kappa shape index (κ1) is 16.3. The molecule has 3 aromatic rings. The van der Waals surface area contributed by atoms with Gasteiger partial charge in [0.2, 0.25) is 0 Å². The minimum atomic E-state index is -0.543. The summed E-state index contributed by atoms with van der Waals surface area (Å²) in [6.07, 6.45) is 4.26. The maximum absolute atomic E-state index is 12.2. The van der Waals surface area contributed by atoms with Gasteiger partial charge in [0.15, 0.2) is 5.69 Å². The molecule has 3 rings (SSSR count). The molecular formula is C19H15N3O3. The van der Waals surface area contributed by atoms with Gasteiger partial charge in [-0.3, -0.25) is 9.78 Å². The number of aromatic nitrogens is 2. The van der Waals surface area contributed by atoms with Crippen LogP contribution in [0.15, 0.2) is 73.2 Å². The van der Waals surface area contributed by atoms with Crippen LogP contribution in [0.1, 0.15) is 26.4 Å². The lowest BCUT2D eigenvalue weighted by Crippen LogP contribution is -2.12. The Hall–Kier alpha value is -3.54. The summed E-state index contributed by atoms with van der Waals surface area (Å²) in [4.78, 5) is 31.7. The number of rotatable bonds is 5. The molecular weight excluding hydrogens is 318 g/mol. The average molecular weight is 333 g/mol. The number of anilines is 1. The van der Waals surface area contributed by atoms with E-state index in [1.54, 1.807) is 24.3 Å². The van der Waals surface area contributed by atoms with Gasteiger partial charge in [-0.05, 0) is 29.8 Å². The number of para-hydroxylation sites is 1. The largest absolute Gasteiger partial charge is 0.456 e. The quantitative estimate of drug-likeness (QED) is 0.726. The van der Waals surface area contributed by atoms with Crippen molar-refractivity contribution < 1.29 is 14.3 Å². The van der Waals surface area contributed by atoms with Gasteiger partial charge in [-0.1, -0.05) is 30.3 Å². The molecule has 1 amide bonds. The van der Waals surface area contributed by atoms with Crippen molar-refractivity contribution in [3.05, 3.63) is 90.0 Å². The maximum Gasteiger partial charge on any atom is 0.358 e. The zero-order valence-corrected chi connectivity index (χ0v) is 13.3. The second kappa shape index (κ2) is 7.83. The normalized spacial score (nSPS) is 10.1. The Labute approximate surface area is 144 Å². The van der Waals surface area contributed by atoms with Crippen LogP contribution >= 0.6 is 0 Å². The van der Waals surface area contributed by atoms with Gasteiger partial charge in [-0.25, -0.2) is 9.78 Å². The van der Waals surface area contributed by atoms with Gasteiger partial charge in [0.05, 0.1) is 6.20 Å². The first-order chi connectivity index (χ1) is 12.2. The highest BCUT2D eigenvalue weighted by Crippen LogP contribution is 2.11. The molecule has 0 unspecified atom stereocenters. The van der Waals surface area contributed by atoms with Crippen LogP contribution in [0.5, 0.6) is 0 Å². The smallest absolute Gasteiger partial charge is 0.358 e. The second-order valence-electron chi connectivity index (χ2n) is 5.18. The number of hydrogen-bond acceptors (Lipinski definition) is 5. The molecule has 0 bridgehead atoms. The Bertz CT molecular complexity index is 850. The maximum atomic E-state index is 12.2. The SMILES string of the molecule is O=C(Nc1ccccc1)c1ccc(COC(=O)c2cnccn2)cc1. The van der Waals surface area contributed by atoms with Gasteiger partial charge in [-0.15, -0.1) is 0 Å². The molecule has 6 nitrogen and oxygen atoms in total. The van der Waals surface area contributed by atoms with Crippen LogP contribution in [0.4, 0.5) is 5.69 Å². The van der Waals surface area contributed by atoms with Gasteiger partial charge >= 0.3 is 5.97 Å². The predicted molar refractivity (Wildman–Crippen MR) is 92.0 cm³/mol. The van der Waals surface area contributed by atoms with E-state index in [1.165, 1.54) is 18.6 Å². The number of esters is 1. The third-order valence-electron chi connectivity index (χ3n) is 3.39. The molecule has 0 aliphatic rings. The molecule has 1 aromatic heterocycles. The van der Waals surface area contributed by atoms with E-state index in [4.69, 9.17) is 4.74 Å². The van der Waals surface area contributed by atoms with Gasteiger partial charge in [-0.2, -0.15) is 0 Å². The Morgan fingerprint density at radius 2 is 1.72 bits per heavy atom. The standard InChI is InChI=1S/C19H15N3O3/c23-18(22-16-4-2-1-3-5-16)15-8-6-14(7-9-15)13-25-19(24)17-12-20-10-11-21-17/h1-12H,13H2,(H,22,23). The van der Waals surface area contributed by atoms with Crippen molar-refractivity contribution in [2.45, 2.75) is 6.61 Å². The van der Waals surface area contributed by atoms with Gasteiger partial charge < -0.3 is 10.1 Å². The molecule has 0 aliphatic carbocycles. The minimum absolute atomic E-state index is 0.0932. The molecule has 0 spiro atoms. The Morgan fingerprint density at radius 3 is 2.40 bits per heavy atom. The molecule has 2 aromatic carbocycles. The molecule has 124 valence electrons. The highest BCUT2D eigenvalue weighted by atomic mass is 16.5. The fourth-order valence-electron chi connectivity index (χ4n) is 2.10. The first-order valence-corrected chi connectivity index (χ1v) is 7.61. The van der Waals surface area contributed by atoms with E-state index in [-0.39, 0.29) is 18.2 Å². The average Bonchev–Trinajstić information content (AvgIpc) is 2.68. The van der Waals surface area contributed by atoms with E-state index >= 15 is 0 Å². The van der Waals surface area contributed by atoms with E-state index in [1.807, 2.05) is 30.3 Å². The molecule has 0 radical (unpaired) electrons. The van der Waals surface area contributed by atoms with Crippen molar-refractivity contribution >= 4 is 17.6 Å². The summed E-state index contributed by atoms with van der Waals surface area (Å²) >= 11 is 0. The van der Waals surface area contributed by atoms with Crippen LogP contribution in [-0.4, -0.2) is 21.8 Å². The number of hydrogen-bond donors (Lipinski definition) is 1. The topological polar surface area (TPSA) is 81.2 Å². The van der Waals surface area contributed by atoms with Crippen molar-refractivity contribution in [2.75, 3.05) is 5.32 Å². The van der Waals surface area contributed by atoms with Crippen LogP contribution in [-0.2, 0) is 11.3 Å². The lowest BCUT2D eigenvalue weighted by molar-refractivity contribution is 0.0465. The van der Waals surface area contributed by atoms with Crippen LogP contribution in [0.2, 0.25) is 0 Å². The molecule has 0 saturated carbocycles. The van der Waals surface area contributed by atoms with Crippen LogP contribution in [0.25, 0.3) is 0 Å². The number of ether oxygens (including phenoxy) is 1. The number of amides is 1. The van der Waals surface area contributed by atoms with E-state index < -0.39 is 5.97 Å². The summed E-state index contributed by atoms with van der Waals surface area (Å²) in [5, 5.41) is 2.81. The molecule has 0 fully saturated rings. The third-order valence-corrected chi connectivity index (χ3v) is 3.39. The number of nitrogens with one attached hydrogen (secondary N) is 1. The van der Waals surface area contributed by atoms with Crippen molar-refractivity contribution in [3.8, 4) is 0 Å². The summed E-state index contributed by atoms with van der Waals surface area (Å²) in [5.41, 5.74) is 2.18. The highest BCUT2D eigenvalue weighted by Gasteiger charge is 2.10. The molecule has 6 heteroatoms. The number of nitrogens with zero attached hydrogens (tertiary/aromatic N) is 2. The molecule has 1 N–H and O–H groups in total. The summed E-state index contributed by atoms with van der Waals surface area (Å²) < 4.78 is 5.17. The number of carbonyl (C=O) groups is 2. The fourth-order valence-corrected chi connectivity index (χ4v) is 2.10. The van der Waals surface area contributed by atoms with Crippen molar-refractivity contribution in [1.82, 2.24) is 9.97 Å². The third kappa shape index (κ3) is 4.48. The molecule has 0 saturated heterocycles. The van der Waals surface area contributed by atoms with Gasteiger partial charge in [0, 0.05) is 23.6 Å². The fraction of sp³-hybridized carbons (Fsp3) is 0.0526. The van der Waals surface area contributed by atoms with Crippen LogP contribution in [0.3, 0.4) is 0 Å². The highest BCUT2D eigenvalue weighted by molar-refractivity contribution is 6.04. The summed E-state index contributed by atoms with van der Waals surface area (Å²) in [7, 11) is 0.